The molecule has 5 nitrogen and oxygen atoms in total. The van der Waals surface area contributed by atoms with Crippen molar-refractivity contribution < 1.29 is 14.3 Å². The molecule has 0 radical (unpaired) electrons. The third kappa shape index (κ3) is 4.30. The molecule has 4 rings (SSSR count). The predicted molar refractivity (Wildman–Crippen MR) is 104 cm³/mol. The van der Waals surface area contributed by atoms with Crippen molar-refractivity contribution in [2.45, 2.75) is 44.6 Å². The van der Waals surface area contributed by atoms with E-state index in [0.717, 1.165) is 36.1 Å². The summed E-state index contributed by atoms with van der Waals surface area (Å²) in [5.41, 5.74) is 3.46. The molecule has 5 heteroatoms. The lowest BCUT2D eigenvalue weighted by atomic mass is 10.1. The molecule has 27 heavy (non-hydrogen) atoms. The summed E-state index contributed by atoms with van der Waals surface area (Å²) >= 11 is 0. The number of carbonyl (C=O) groups is 2. The molecular formula is C22H24N2O3. The van der Waals surface area contributed by atoms with E-state index in [1.807, 2.05) is 18.2 Å². The largest absolute Gasteiger partial charge is 0.493 e. The van der Waals surface area contributed by atoms with Crippen LogP contribution in [0.25, 0.3) is 0 Å². The van der Waals surface area contributed by atoms with Crippen molar-refractivity contribution in [2.24, 2.45) is 0 Å². The summed E-state index contributed by atoms with van der Waals surface area (Å²) in [6.45, 7) is 0.714. The van der Waals surface area contributed by atoms with Crippen LogP contribution in [0.2, 0.25) is 0 Å². The van der Waals surface area contributed by atoms with Gasteiger partial charge >= 0.3 is 0 Å². The lowest BCUT2D eigenvalue weighted by Gasteiger charge is -2.12. The quantitative estimate of drug-likeness (QED) is 0.854. The monoisotopic (exact) mass is 364 g/mol. The van der Waals surface area contributed by atoms with E-state index in [0.29, 0.717) is 30.3 Å². The molecule has 1 fully saturated rings. The number of rotatable bonds is 5. The van der Waals surface area contributed by atoms with Crippen LogP contribution in [0.3, 0.4) is 0 Å². The maximum Gasteiger partial charge on any atom is 0.251 e. The number of amides is 2. The molecule has 1 aliphatic heterocycles. The van der Waals surface area contributed by atoms with E-state index in [4.69, 9.17) is 4.74 Å². The summed E-state index contributed by atoms with van der Waals surface area (Å²) in [6.07, 6.45) is 5.72. The van der Waals surface area contributed by atoms with E-state index in [1.54, 1.807) is 24.3 Å². The fourth-order valence-electron chi connectivity index (χ4n) is 3.78. The van der Waals surface area contributed by atoms with Crippen LogP contribution >= 0.6 is 0 Å². The van der Waals surface area contributed by atoms with Crippen molar-refractivity contribution in [1.82, 2.24) is 5.32 Å². The number of carbonyl (C=O) groups excluding carboxylic acids is 2. The van der Waals surface area contributed by atoms with Gasteiger partial charge < -0.3 is 15.4 Å². The molecule has 1 heterocycles. The summed E-state index contributed by atoms with van der Waals surface area (Å²) in [6, 6.07) is 13.3. The number of fused-ring (bicyclic) bond motifs is 1. The number of anilines is 1. The van der Waals surface area contributed by atoms with Crippen molar-refractivity contribution in [1.29, 1.82) is 0 Å². The van der Waals surface area contributed by atoms with Crippen LogP contribution in [0.1, 0.15) is 47.2 Å². The molecule has 0 saturated heterocycles. The Labute approximate surface area is 159 Å². The molecule has 2 aromatic carbocycles. The van der Waals surface area contributed by atoms with E-state index < -0.39 is 0 Å². The second-order valence-electron chi connectivity index (χ2n) is 7.30. The van der Waals surface area contributed by atoms with Gasteiger partial charge in [0.15, 0.2) is 0 Å². The Morgan fingerprint density at radius 2 is 1.81 bits per heavy atom. The van der Waals surface area contributed by atoms with Crippen LogP contribution in [-0.4, -0.2) is 24.5 Å². The fraction of sp³-hybridized carbons (Fsp3) is 0.364. The number of benzene rings is 2. The van der Waals surface area contributed by atoms with Crippen molar-refractivity contribution in [3.8, 4) is 5.75 Å². The smallest absolute Gasteiger partial charge is 0.251 e. The maximum atomic E-state index is 12.3. The van der Waals surface area contributed by atoms with Crippen molar-refractivity contribution in [2.75, 3.05) is 11.9 Å². The average molecular weight is 364 g/mol. The van der Waals surface area contributed by atoms with Crippen molar-refractivity contribution in [3.05, 3.63) is 59.2 Å². The summed E-state index contributed by atoms with van der Waals surface area (Å²) in [5.74, 6) is 0.808. The second-order valence-corrected chi connectivity index (χ2v) is 7.30. The molecule has 2 aliphatic rings. The van der Waals surface area contributed by atoms with Crippen LogP contribution in [0.15, 0.2) is 42.5 Å². The average Bonchev–Trinajstić information content (AvgIpc) is 3.33. The minimum absolute atomic E-state index is 0.0415. The highest BCUT2D eigenvalue weighted by atomic mass is 16.5. The number of hydrogen-bond acceptors (Lipinski definition) is 3. The van der Waals surface area contributed by atoms with Crippen LogP contribution in [0, 0.1) is 0 Å². The number of hydrogen-bond donors (Lipinski definition) is 2. The zero-order valence-corrected chi connectivity index (χ0v) is 15.3. The van der Waals surface area contributed by atoms with E-state index in [9.17, 15) is 9.59 Å². The molecule has 140 valence electrons. The second kappa shape index (κ2) is 7.82. The molecular weight excluding hydrogens is 340 g/mol. The van der Waals surface area contributed by atoms with E-state index in [1.165, 1.54) is 12.8 Å². The Morgan fingerprint density at radius 3 is 2.59 bits per heavy atom. The fourth-order valence-corrected chi connectivity index (χ4v) is 3.78. The first-order valence-electron chi connectivity index (χ1n) is 9.63. The van der Waals surface area contributed by atoms with Gasteiger partial charge in [-0.2, -0.15) is 0 Å². The molecule has 0 atom stereocenters. The Balaban J connectivity index is 1.32. The lowest BCUT2D eigenvalue weighted by Crippen LogP contribution is -2.32. The molecule has 2 amide bonds. The van der Waals surface area contributed by atoms with Gasteiger partial charge in [-0.05, 0) is 54.3 Å². The normalized spacial score (nSPS) is 15.9. The minimum Gasteiger partial charge on any atom is -0.493 e. The zero-order valence-electron chi connectivity index (χ0n) is 15.3. The predicted octanol–water partition coefficient (Wildman–Crippen LogP) is 3.48. The molecule has 2 aromatic rings. The van der Waals surface area contributed by atoms with Crippen LogP contribution in [0.5, 0.6) is 5.75 Å². The van der Waals surface area contributed by atoms with Gasteiger partial charge in [0.2, 0.25) is 5.91 Å². The third-order valence-corrected chi connectivity index (χ3v) is 5.24. The van der Waals surface area contributed by atoms with Gasteiger partial charge in [0.25, 0.3) is 5.91 Å². The SMILES string of the molecule is O=C(Cc1ccc2c(c1)CCO2)Nc1ccc(C(=O)NC2CCCC2)cc1. The highest BCUT2D eigenvalue weighted by molar-refractivity contribution is 5.96. The molecule has 0 spiro atoms. The van der Waals surface area contributed by atoms with Gasteiger partial charge in [-0.3, -0.25) is 9.59 Å². The maximum absolute atomic E-state index is 12.3. The molecule has 0 bridgehead atoms. The van der Waals surface area contributed by atoms with Gasteiger partial charge in [-0.25, -0.2) is 0 Å². The van der Waals surface area contributed by atoms with Gasteiger partial charge in [-0.15, -0.1) is 0 Å². The summed E-state index contributed by atoms with van der Waals surface area (Å²) in [5, 5.41) is 5.97. The molecule has 1 aliphatic carbocycles. The van der Waals surface area contributed by atoms with Gasteiger partial charge in [0.05, 0.1) is 13.0 Å². The molecule has 2 N–H and O–H groups in total. The van der Waals surface area contributed by atoms with Gasteiger partial charge in [0.1, 0.15) is 5.75 Å². The topological polar surface area (TPSA) is 67.4 Å². The van der Waals surface area contributed by atoms with Crippen molar-refractivity contribution >= 4 is 17.5 Å². The zero-order chi connectivity index (χ0) is 18.6. The molecule has 1 saturated carbocycles. The van der Waals surface area contributed by atoms with Gasteiger partial charge in [0, 0.05) is 23.7 Å². The summed E-state index contributed by atoms with van der Waals surface area (Å²) in [7, 11) is 0. The van der Waals surface area contributed by atoms with Crippen molar-refractivity contribution in [3.63, 3.8) is 0 Å². The Kier molecular flexibility index (Phi) is 5.10. The van der Waals surface area contributed by atoms with E-state index >= 15 is 0 Å². The highest BCUT2D eigenvalue weighted by Gasteiger charge is 2.18. The van der Waals surface area contributed by atoms with E-state index in [2.05, 4.69) is 10.6 Å². The lowest BCUT2D eigenvalue weighted by molar-refractivity contribution is -0.115. The first-order valence-corrected chi connectivity index (χ1v) is 9.63. The molecule has 0 aromatic heterocycles. The van der Waals surface area contributed by atoms with E-state index in [-0.39, 0.29) is 11.8 Å². The number of nitrogens with one attached hydrogen (secondary N) is 2. The number of ether oxygens (including phenoxy) is 1. The first kappa shape index (κ1) is 17.6. The Bertz CT molecular complexity index is 839. The Morgan fingerprint density at radius 1 is 1.04 bits per heavy atom. The van der Waals surface area contributed by atoms with Crippen LogP contribution < -0.4 is 15.4 Å². The standard InChI is InChI=1S/C22H24N2O3/c25-21(14-15-5-10-20-17(13-15)11-12-27-20)23-19-8-6-16(7-9-19)22(26)24-18-3-1-2-4-18/h5-10,13,18H,1-4,11-12,14H2,(H,23,25)(H,24,26). The molecule has 0 unspecified atom stereocenters. The summed E-state index contributed by atoms with van der Waals surface area (Å²) < 4.78 is 5.49. The van der Waals surface area contributed by atoms with Gasteiger partial charge in [-0.1, -0.05) is 25.0 Å². The van der Waals surface area contributed by atoms with Crippen LogP contribution in [-0.2, 0) is 17.6 Å². The highest BCUT2D eigenvalue weighted by Crippen LogP contribution is 2.26. The summed E-state index contributed by atoms with van der Waals surface area (Å²) in [4.78, 5) is 24.6. The first-order chi connectivity index (χ1) is 13.2. The third-order valence-electron chi connectivity index (χ3n) is 5.24. The van der Waals surface area contributed by atoms with Crippen LogP contribution in [0.4, 0.5) is 5.69 Å². The minimum atomic E-state index is -0.0722. The Hall–Kier alpha value is -2.82.